The zero-order valence-corrected chi connectivity index (χ0v) is 29.8. The summed E-state index contributed by atoms with van der Waals surface area (Å²) in [7, 11) is 0. The summed E-state index contributed by atoms with van der Waals surface area (Å²) in [6.45, 7) is 4.60. The number of pyridine rings is 1. The molecule has 4 nitrogen and oxygen atoms in total. The van der Waals surface area contributed by atoms with Gasteiger partial charge in [0.15, 0.2) is 0 Å². The maximum absolute atomic E-state index is 6.42. The molecule has 254 valence electrons. The molecule has 12 rings (SSSR count). The van der Waals surface area contributed by atoms with E-state index in [-0.39, 0.29) is 5.41 Å². The van der Waals surface area contributed by atoms with E-state index in [1.54, 1.807) is 0 Å². The Morgan fingerprint density at radius 3 is 1.69 bits per heavy atom. The molecule has 1 aliphatic carbocycles. The van der Waals surface area contributed by atoms with E-state index >= 15 is 0 Å². The summed E-state index contributed by atoms with van der Waals surface area (Å²) in [6.07, 6.45) is 1.91. The first-order valence-corrected chi connectivity index (χ1v) is 18.6. The van der Waals surface area contributed by atoms with Crippen LogP contribution in [0.2, 0.25) is 0 Å². The van der Waals surface area contributed by atoms with E-state index in [1.807, 2.05) is 6.20 Å². The summed E-state index contributed by atoms with van der Waals surface area (Å²) < 4.78 is 11.2. The van der Waals surface area contributed by atoms with Gasteiger partial charge in [-0.1, -0.05) is 92.7 Å². The van der Waals surface area contributed by atoms with E-state index in [9.17, 15) is 0 Å². The molecular weight excluding hydrogens is 659 g/mol. The molecule has 4 heterocycles. The molecule has 0 aliphatic heterocycles. The van der Waals surface area contributed by atoms with Crippen molar-refractivity contribution in [2.45, 2.75) is 19.3 Å². The Balaban J connectivity index is 1.01. The number of fused-ring (bicyclic) bond motifs is 12. The molecule has 0 atom stereocenters. The van der Waals surface area contributed by atoms with E-state index in [0.29, 0.717) is 0 Å². The van der Waals surface area contributed by atoms with Crippen molar-refractivity contribution in [2.75, 3.05) is 0 Å². The molecule has 0 fully saturated rings. The first-order valence-electron chi connectivity index (χ1n) is 18.6. The number of hydrogen-bond acceptors (Lipinski definition) is 2. The quantitative estimate of drug-likeness (QED) is 0.185. The van der Waals surface area contributed by atoms with Crippen molar-refractivity contribution >= 4 is 65.6 Å². The second-order valence-corrected chi connectivity index (χ2v) is 15.2. The minimum atomic E-state index is -0.0821. The van der Waals surface area contributed by atoms with E-state index in [0.717, 1.165) is 44.6 Å². The first kappa shape index (κ1) is 29.6. The number of furan rings is 1. The van der Waals surface area contributed by atoms with Crippen LogP contribution in [0.3, 0.4) is 0 Å². The van der Waals surface area contributed by atoms with Gasteiger partial charge in [-0.25, -0.2) is 0 Å². The minimum Gasteiger partial charge on any atom is -0.456 e. The highest BCUT2D eigenvalue weighted by atomic mass is 16.3. The second-order valence-electron chi connectivity index (χ2n) is 15.2. The summed E-state index contributed by atoms with van der Waals surface area (Å²) in [6, 6.07) is 57.3. The van der Waals surface area contributed by atoms with Crippen LogP contribution in [0.15, 0.2) is 168 Å². The van der Waals surface area contributed by atoms with Crippen LogP contribution in [0.4, 0.5) is 0 Å². The summed E-state index contributed by atoms with van der Waals surface area (Å²) in [5.74, 6) is 0. The Morgan fingerprint density at radius 1 is 0.444 bits per heavy atom. The van der Waals surface area contributed by atoms with Crippen molar-refractivity contribution in [1.29, 1.82) is 0 Å². The predicted molar refractivity (Wildman–Crippen MR) is 223 cm³/mol. The normalized spacial score (nSPS) is 13.5. The van der Waals surface area contributed by atoms with E-state index < -0.39 is 0 Å². The van der Waals surface area contributed by atoms with Gasteiger partial charge in [-0.15, -0.1) is 0 Å². The lowest BCUT2D eigenvalue weighted by Gasteiger charge is -2.21. The molecule has 0 N–H and O–H groups in total. The van der Waals surface area contributed by atoms with Gasteiger partial charge in [0.2, 0.25) is 0 Å². The Labute approximate surface area is 311 Å². The number of benzene rings is 7. The molecule has 0 saturated heterocycles. The van der Waals surface area contributed by atoms with Crippen molar-refractivity contribution in [3.8, 4) is 33.8 Å². The van der Waals surface area contributed by atoms with Crippen LogP contribution in [0.25, 0.3) is 99.3 Å². The monoisotopic (exact) mass is 691 g/mol. The SMILES string of the molecule is CC1(C)c2ccc(-n3c4ccccc4c4cc(-c5ccc6oc7ccc(-n8c9ccccc9c9ccccc98)cc7c6c5)ccc43)cc2-c2ncccc21. The molecule has 4 aromatic heterocycles. The standard InChI is InChI=1S/C50H33N3O/c1-50(2)41-21-19-32(29-40(41)49-42(50)13-9-25-51-49)53-45-16-8-5-12-36(45)37-26-30(17-22-46(37)53)31-18-23-47-38(27-31)39-28-33(20-24-48(39)54-47)52-43-14-6-3-10-34(43)35-11-4-7-15-44(35)52/h3-29H,1-2H3. The number of nitrogens with zero attached hydrogens (tertiary/aromatic N) is 3. The van der Waals surface area contributed by atoms with E-state index in [2.05, 4.69) is 181 Å². The molecule has 0 spiro atoms. The predicted octanol–water partition coefficient (Wildman–Crippen LogP) is 13.1. The third-order valence-corrected chi connectivity index (χ3v) is 12.0. The topological polar surface area (TPSA) is 35.9 Å². The fraction of sp³-hybridized carbons (Fsp3) is 0.0600. The summed E-state index contributed by atoms with van der Waals surface area (Å²) in [4.78, 5) is 4.85. The van der Waals surface area contributed by atoms with Gasteiger partial charge in [-0.05, 0) is 101 Å². The van der Waals surface area contributed by atoms with Crippen LogP contribution < -0.4 is 0 Å². The van der Waals surface area contributed by atoms with Crippen molar-refractivity contribution in [2.24, 2.45) is 0 Å². The molecule has 0 amide bonds. The second kappa shape index (κ2) is 10.6. The fourth-order valence-electron chi connectivity index (χ4n) is 9.40. The third-order valence-electron chi connectivity index (χ3n) is 12.0. The average molecular weight is 692 g/mol. The van der Waals surface area contributed by atoms with Gasteiger partial charge in [0.1, 0.15) is 11.2 Å². The van der Waals surface area contributed by atoms with Crippen LogP contribution in [-0.4, -0.2) is 14.1 Å². The Hall–Kier alpha value is -6.91. The lowest BCUT2D eigenvalue weighted by Crippen LogP contribution is -2.15. The highest BCUT2D eigenvalue weighted by Gasteiger charge is 2.36. The van der Waals surface area contributed by atoms with Gasteiger partial charge in [-0.2, -0.15) is 0 Å². The van der Waals surface area contributed by atoms with Gasteiger partial charge in [0, 0.05) is 60.9 Å². The third kappa shape index (κ3) is 3.94. The molecule has 0 radical (unpaired) electrons. The van der Waals surface area contributed by atoms with Gasteiger partial charge in [-0.3, -0.25) is 4.98 Å². The lowest BCUT2D eigenvalue weighted by atomic mass is 9.83. The number of para-hydroxylation sites is 3. The lowest BCUT2D eigenvalue weighted by molar-refractivity contribution is 0.659. The smallest absolute Gasteiger partial charge is 0.135 e. The molecule has 0 unspecified atom stereocenters. The van der Waals surface area contributed by atoms with Crippen LogP contribution in [-0.2, 0) is 5.41 Å². The highest BCUT2D eigenvalue weighted by molar-refractivity contribution is 6.13. The van der Waals surface area contributed by atoms with Gasteiger partial charge >= 0.3 is 0 Å². The number of rotatable bonds is 3. The Bertz CT molecular complexity index is 3320. The van der Waals surface area contributed by atoms with Gasteiger partial charge < -0.3 is 13.6 Å². The van der Waals surface area contributed by atoms with E-state index in [1.165, 1.54) is 65.9 Å². The van der Waals surface area contributed by atoms with Crippen molar-refractivity contribution in [3.05, 3.63) is 175 Å². The largest absolute Gasteiger partial charge is 0.456 e. The highest BCUT2D eigenvalue weighted by Crippen LogP contribution is 2.48. The molecule has 0 bridgehead atoms. The zero-order chi connectivity index (χ0) is 35.7. The summed E-state index contributed by atoms with van der Waals surface area (Å²) in [5.41, 5.74) is 16.0. The van der Waals surface area contributed by atoms with Crippen molar-refractivity contribution in [3.63, 3.8) is 0 Å². The van der Waals surface area contributed by atoms with Crippen LogP contribution in [0, 0.1) is 0 Å². The van der Waals surface area contributed by atoms with Crippen LogP contribution >= 0.6 is 0 Å². The molecule has 11 aromatic rings. The summed E-state index contributed by atoms with van der Waals surface area (Å²) in [5, 5.41) is 7.20. The van der Waals surface area contributed by atoms with E-state index in [4.69, 9.17) is 9.40 Å². The molecule has 4 heteroatoms. The van der Waals surface area contributed by atoms with Gasteiger partial charge in [0.25, 0.3) is 0 Å². The van der Waals surface area contributed by atoms with Crippen molar-refractivity contribution < 1.29 is 4.42 Å². The van der Waals surface area contributed by atoms with Crippen LogP contribution in [0.5, 0.6) is 0 Å². The average Bonchev–Trinajstić information content (AvgIpc) is 3.92. The maximum Gasteiger partial charge on any atom is 0.135 e. The zero-order valence-electron chi connectivity index (χ0n) is 29.8. The molecular formula is C50H33N3O. The minimum absolute atomic E-state index is 0.0821. The first-order chi connectivity index (χ1) is 26.5. The van der Waals surface area contributed by atoms with Gasteiger partial charge in [0.05, 0.1) is 27.8 Å². The number of aromatic nitrogens is 3. The fourth-order valence-corrected chi connectivity index (χ4v) is 9.40. The van der Waals surface area contributed by atoms with Crippen molar-refractivity contribution in [1.82, 2.24) is 14.1 Å². The molecule has 7 aromatic carbocycles. The Morgan fingerprint density at radius 2 is 0.981 bits per heavy atom. The number of hydrogen-bond donors (Lipinski definition) is 0. The Kier molecular flexibility index (Phi) is 5.81. The maximum atomic E-state index is 6.42. The molecule has 0 saturated carbocycles. The van der Waals surface area contributed by atoms with Crippen LogP contribution in [0.1, 0.15) is 25.0 Å². The summed E-state index contributed by atoms with van der Waals surface area (Å²) >= 11 is 0. The molecule has 54 heavy (non-hydrogen) atoms. The molecule has 1 aliphatic rings.